The van der Waals surface area contributed by atoms with Gasteiger partial charge in [0, 0.05) is 18.6 Å². The fourth-order valence-electron chi connectivity index (χ4n) is 2.17. The summed E-state index contributed by atoms with van der Waals surface area (Å²) in [5.41, 5.74) is 7.80. The van der Waals surface area contributed by atoms with Crippen molar-refractivity contribution in [2.45, 2.75) is 46.7 Å². The maximum atomic E-state index is 5.92. The van der Waals surface area contributed by atoms with E-state index in [1.165, 1.54) is 0 Å². The van der Waals surface area contributed by atoms with E-state index >= 15 is 0 Å². The van der Waals surface area contributed by atoms with Crippen LogP contribution in [0.25, 0.3) is 0 Å². The number of aryl methyl sites for hydroxylation is 1. The van der Waals surface area contributed by atoms with Crippen molar-refractivity contribution in [3.05, 3.63) is 23.8 Å². The van der Waals surface area contributed by atoms with Gasteiger partial charge in [-0.3, -0.25) is 4.90 Å². The largest absolute Gasteiger partial charge is 0.490 e. The second kappa shape index (κ2) is 6.64. The van der Waals surface area contributed by atoms with Crippen LogP contribution in [0.3, 0.4) is 0 Å². The van der Waals surface area contributed by atoms with Crippen LogP contribution in [0.1, 0.15) is 33.3 Å². The van der Waals surface area contributed by atoms with E-state index in [4.69, 9.17) is 10.5 Å². The maximum Gasteiger partial charge on any atom is 0.142 e. The molecule has 3 heteroatoms. The molecule has 0 heterocycles. The lowest BCUT2D eigenvalue weighted by Gasteiger charge is -2.30. The van der Waals surface area contributed by atoms with Crippen LogP contribution in [0.4, 0.5) is 5.69 Å². The monoisotopic (exact) mass is 250 g/mol. The molecule has 3 nitrogen and oxygen atoms in total. The van der Waals surface area contributed by atoms with Gasteiger partial charge in [-0.15, -0.1) is 0 Å². The average Bonchev–Trinajstić information content (AvgIpc) is 2.25. The minimum Gasteiger partial charge on any atom is -0.490 e. The Morgan fingerprint density at radius 3 is 2.28 bits per heavy atom. The number of ether oxygens (including phenoxy) is 1. The Morgan fingerprint density at radius 2 is 1.78 bits per heavy atom. The van der Waals surface area contributed by atoms with Crippen LogP contribution in [0.15, 0.2) is 18.2 Å². The number of hydrogen-bond donors (Lipinski definition) is 1. The van der Waals surface area contributed by atoms with E-state index in [9.17, 15) is 0 Å². The van der Waals surface area contributed by atoms with Crippen LogP contribution in [0, 0.1) is 6.92 Å². The molecule has 0 saturated carbocycles. The molecule has 0 aliphatic rings. The molecule has 2 N–H and O–H groups in total. The van der Waals surface area contributed by atoms with E-state index in [0.717, 1.165) is 23.5 Å². The Kier molecular flexibility index (Phi) is 5.48. The van der Waals surface area contributed by atoms with Crippen LogP contribution in [-0.4, -0.2) is 30.1 Å². The minimum atomic E-state index is 0.531. The van der Waals surface area contributed by atoms with E-state index in [1.807, 2.05) is 25.1 Å². The first kappa shape index (κ1) is 14.8. The van der Waals surface area contributed by atoms with Gasteiger partial charge in [0.25, 0.3) is 0 Å². The fraction of sp³-hybridized carbons (Fsp3) is 0.600. The number of nitrogens with zero attached hydrogens (tertiary/aromatic N) is 1. The Labute approximate surface area is 111 Å². The summed E-state index contributed by atoms with van der Waals surface area (Å²) in [5.74, 6) is 0.785. The molecule has 1 aromatic rings. The summed E-state index contributed by atoms with van der Waals surface area (Å²) in [7, 11) is 0. The lowest BCUT2D eigenvalue weighted by molar-refractivity contribution is 0.142. The van der Waals surface area contributed by atoms with Crippen molar-refractivity contribution >= 4 is 5.69 Å². The van der Waals surface area contributed by atoms with Gasteiger partial charge >= 0.3 is 0 Å². The Hall–Kier alpha value is -1.22. The lowest BCUT2D eigenvalue weighted by Crippen LogP contribution is -2.39. The number of benzene rings is 1. The highest BCUT2D eigenvalue weighted by Crippen LogP contribution is 2.22. The molecule has 18 heavy (non-hydrogen) atoms. The van der Waals surface area contributed by atoms with E-state index in [0.29, 0.717) is 18.7 Å². The molecule has 0 fully saturated rings. The van der Waals surface area contributed by atoms with Gasteiger partial charge < -0.3 is 10.5 Å². The first-order chi connectivity index (χ1) is 8.41. The summed E-state index contributed by atoms with van der Waals surface area (Å²) in [6.07, 6.45) is 0. The van der Waals surface area contributed by atoms with Crippen molar-refractivity contribution in [3.8, 4) is 5.75 Å². The van der Waals surface area contributed by atoms with Crippen LogP contribution >= 0.6 is 0 Å². The van der Waals surface area contributed by atoms with Gasteiger partial charge in [0.05, 0.1) is 5.69 Å². The molecule has 0 saturated heterocycles. The predicted molar refractivity (Wildman–Crippen MR) is 78.1 cm³/mol. The van der Waals surface area contributed by atoms with Crippen molar-refractivity contribution in [2.75, 3.05) is 18.9 Å². The molecule has 0 aliphatic heterocycles. The van der Waals surface area contributed by atoms with Crippen LogP contribution in [-0.2, 0) is 0 Å². The summed E-state index contributed by atoms with van der Waals surface area (Å²) >= 11 is 0. The van der Waals surface area contributed by atoms with Crippen LogP contribution in [0.5, 0.6) is 5.75 Å². The number of nitrogens with two attached hydrogens (primary N) is 1. The lowest BCUT2D eigenvalue weighted by atomic mass is 10.2. The van der Waals surface area contributed by atoms with E-state index in [1.54, 1.807) is 0 Å². The second-order valence-corrected chi connectivity index (χ2v) is 5.32. The van der Waals surface area contributed by atoms with Gasteiger partial charge in [-0.1, -0.05) is 6.07 Å². The van der Waals surface area contributed by atoms with Crippen molar-refractivity contribution in [1.29, 1.82) is 0 Å². The van der Waals surface area contributed by atoms with Gasteiger partial charge in [-0.2, -0.15) is 0 Å². The van der Waals surface area contributed by atoms with Crippen molar-refractivity contribution in [3.63, 3.8) is 0 Å². The molecule has 0 aromatic heterocycles. The SMILES string of the molecule is Cc1ccc(OCCN(C(C)C)C(C)C)c(N)c1. The highest BCUT2D eigenvalue weighted by molar-refractivity contribution is 5.53. The highest BCUT2D eigenvalue weighted by atomic mass is 16.5. The van der Waals surface area contributed by atoms with Crippen LogP contribution in [0.2, 0.25) is 0 Å². The molecular formula is C15H26N2O. The summed E-state index contributed by atoms with van der Waals surface area (Å²) in [4.78, 5) is 2.41. The minimum absolute atomic E-state index is 0.531. The summed E-state index contributed by atoms with van der Waals surface area (Å²) < 4.78 is 5.76. The second-order valence-electron chi connectivity index (χ2n) is 5.32. The summed E-state index contributed by atoms with van der Waals surface area (Å²) in [6.45, 7) is 12.5. The van der Waals surface area contributed by atoms with Gasteiger partial charge in [0.1, 0.15) is 12.4 Å². The average molecular weight is 250 g/mol. The first-order valence-electron chi connectivity index (χ1n) is 6.66. The first-order valence-corrected chi connectivity index (χ1v) is 6.66. The number of nitrogen functional groups attached to an aromatic ring is 1. The predicted octanol–water partition coefficient (Wildman–Crippen LogP) is 3.07. The topological polar surface area (TPSA) is 38.5 Å². The summed E-state index contributed by atoms with van der Waals surface area (Å²) in [5, 5.41) is 0. The molecule has 0 amide bonds. The Bertz CT molecular complexity index is 367. The number of hydrogen-bond acceptors (Lipinski definition) is 3. The van der Waals surface area contributed by atoms with Crippen molar-refractivity contribution in [2.24, 2.45) is 0 Å². The molecule has 1 rings (SSSR count). The standard InChI is InChI=1S/C15H26N2O/c1-11(2)17(12(3)4)8-9-18-15-7-6-13(5)10-14(15)16/h6-7,10-12H,8-9,16H2,1-5H3. The zero-order valence-corrected chi connectivity index (χ0v) is 12.2. The zero-order valence-electron chi connectivity index (χ0n) is 12.2. The number of anilines is 1. The Balaban J connectivity index is 2.50. The van der Waals surface area contributed by atoms with Gasteiger partial charge in [0.2, 0.25) is 0 Å². The Morgan fingerprint density at radius 1 is 1.17 bits per heavy atom. The molecule has 0 spiro atoms. The quantitative estimate of drug-likeness (QED) is 0.789. The highest BCUT2D eigenvalue weighted by Gasteiger charge is 2.13. The molecule has 1 aromatic carbocycles. The molecular weight excluding hydrogens is 224 g/mol. The van der Waals surface area contributed by atoms with E-state index in [-0.39, 0.29) is 0 Å². The molecule has 0 radical (unpaired) electrons. The van der Waals surface area contributed by atoms with E-state index in [2.05, 4.69) is 32.6 Å². The molecule has 0 bridgehead atoms. The maximum absolute atomic E-state index is 5.92. The third-order valence-corrected chi connectivity index (χ3v) is 3.10. The smallest absolute Gasteiger partial charge is 0.142 e. The summed E-state index contributed by atoms with van der Waals surface area (Å²) in [6, 6.07) is 6.97. The zero-order chi connectivity index (χ0) is 13.7. The molecule has 102 valence electrons. The van der Waals surface area contributed by atoms with Gasteiger partial charge in [0.15, 0.2) is 0 Å². The van der Waals surface area contributed by atoms with E-state index < -0.39 is 0 Å². The normalized spacial score (nSPS) is 11.6. The third kappa shape index (κ3) is 4.22. The fourth-order valence-corrected chi connectivity index (χ4v) is 2.17. The molecule has 0 atom stereocenters. The molecule has 0 aliphatic carbocycles. The van der Waals surface area contributed by atoms with Gasteiger partial charge in [-0.25, -0.2) is 0 Å². The number of rotatable bonds is 6. The third-order valence-electron chi connectivity index (χ3n) is 3.10. The molecule has 0 unspecified atom stereocenters. The van der Waals surface area contributed by atoms with Crippen molar-refractivity contribution < 1.29 is 4.74 Å². The van der Waals surface area contributed by atoms with Crippen LogP contribution < -0.4 is 10.5 Å². The van der Waals surface area contributed by atoms with Crippen molar-refractivity contribution in [1.82, 2.24) is 4.90 Å². The van der Waals surface area contributed by atoms with Gasteiger partial charge in [-0.05, 0) is 52.3 Å².